The van der Waals surface area contributed by atoms with E-state index in [0.717, 1.165) is 6.42 Å². The third kappa shape index (κ3) is 3.71. The number of rotatable bonds is 2. The van der Waals surface area contributed by atoms with Gasteiger partial charge in [0.15, 0.2) is 6.10 Å². The van der Waals surface area contributed by atoms with Gasteiger partial charge in [-0.3, -0.25) is 4.90 Å². The number of hydrogen-bond donors (Lipinski definition) is 1. The SMILES string of the molecule is CC(C)(C)OC(=O)N1CCC[C@@]1(C)C(O)c1nnc(C(C)(C)C)o1. The van der Waals surface area contributed by atoms with E-state index in [-0.39, 0.29) is 11.3 Å². The fourth-order valence-electron chi connectivity index (χ4n) is 2.80. The summed E-state index contributed by atoms with van der Waals surface area (Å²) in [6.45, 7) is 13.7. The molecular formula is C17H29N3O4. The number of nitrogens with zero attached hydrogens (tertiary/aromatic N) is 3. The molecule has 0 aliphatic carbocycles. The summed E-state index contributed by atoms with van der Waals surface area (Å²) in [7, 11) is 0. The lowest BCUT2D eigenvalue weighted by Gasteiger charge is -2.38. The van der Waals surface area contributed by atoms with Crippen molar-refractivity contribution in [3.63, 3.8) is 0 Å². The van der Waals surface area contributed by atoms with Gasteiger partial charge in [0.1, 0.15) is 5.60 Å². The first-order chi connectivity index (χ1) is 10.8. The summed E-state index contributed by atoms with van der Waals surface area (Å²) in [5, 5.41) is 18.9. The molecule has 1 N–H and O–H groups in total. The van der Waals surface area contributed by atoms with Crippen LogP contribution in [-0.4, -0.2) is 44.0 Å². The molecule has 136 valence electrons. The van der Waals surface area contributed by atoms with Crippen LogP contribution >= 0.6 is 0 Å². The molecule has 1 saturated heterocycles. The highest BCUT2D eigenvalue weighted by Gasteiger charge is 2.49. The van der Waals surface area contributed by atoms with Gasteiger partial charge in [-0.1, -0.05) is 20.8 Å². The fourth-order valence-corrected chi connectivity index (χ4v) is 2.80. The number of carbonyl (C=O) groups excluding carboxylic acids is 1. The van der Waals surface area contributed by atoms with E-state index in [1.54, 1.807) is 4.90 Å². The van der Waals surface area contributed by atoms with E-state index < -0.39 is 23.3 Å². The molecule has 2 rings (SSSR count). The Morgan fingerprint density at radius 1 is 1.29 bits per heavy atom. The second-order valence-corrected chi connectivity index (χ2v) is 8.69. The highest BCUT2D eigenvalue weighted by atomic mass is 16.6. The zero-order valence-electron chi connectivity index (χ0n) is 15.7. The molecule has 7 heteroatoms. The van der Waals surface area contributed by atoms with E-state index in [9.17, 15) is 9.90 Å². The molecule has 1 fully saturated rings. The summed E-state index contributed by atoms with van der Waals surface area (Å²) in [4.78, 5) is 14.1. The summed E-state index contributed by atoms with van der Waals surface area (Å²) >= 11 is 0. The van der Waals surface area contributed by atoms with E-state index >= 15 is 0 Å². The average Bonchev–Trinajstić information content (AvgIpc) is 3.02. The lowest BCUT2D eigenvalue weighted by Crippen LogP contribution is -2.50. The lowest BCUT2D eigenvalue weighted by molar-refractivity contribution is -0.0349. The number of carbonyl (C=O) groups is 1. The standard InChI is InChI=1S/C17H29N3O4/c1-15(2,3)13-19-18-12(23-13)11(21)17(7)9-8-10-20(17)14(22)24-16(4,5)6/h11,21H,8-10H2,1-7H3/t11?,17-/m0/s1. The lowest BCUT2D eigenvalue weighted by atomic mass is 9.91. The molecular weight excluding hydrogens is 310 g/mol. The fraction of sp³-hybridized carbons (Fsp3) is 0.824. The van der Waals surface area contributed by atoms with Gasteiger partial charge in [-0.05, 0) is 40.5 Å². The molecule has 2 atom stereocenters. The van der Waals surface area contributed by atoms with Crippen molar-refractivity contribution in [2.75, 3.05) is 6.54 Å². The molecule has 24 heavy (non-hydrogen) atoms. The molecule has 7 nitrogen and oxygen atoms in total. The third-order valence-electron chi connectivity index (χ3n) is 4.20. The van der Waals surface area contributed by atoms with Crippen molar-refractivity contribution in [1.82, 2.24) is 15.1 Å². The monoisotopic (exact) mass is 339 g/mol. The topological polar surface area (TPSA) is 88.7 Å². The summed E-state index contributed by atoms with van der Waals surface area (Å²) in [5.74, 6) is 0.597. The summed E-state index contributed by atoms with van der Waals surface area (Å²) in [6, 6.07) is 0. The first-order valence-electron chi connectivity index (χ1n) is 8.37. The van der Waals surface area contributed by atoms with E-state index in [2.05, 4.69) is 10.2 Å². The van der Waals surface area contributed by atoms with E-state index in [1.165, 1.54) is 0 Å². The van der Waals surface area contributed by atoms with Crippen molar-refractivity contribution in [2.24, 2.45) is 0 Å². The Morgan fingerprint density at radius 2 is 1.92 bits per heavy atom. The number of amides is 1. The first kappa shape index (κ1) is 18.7. The minimum atomic E-state index is -1.06. The van der Waals surface area contributed by atoms with Gasteiger partial charge in [0.2, 0.25) is 11.8 Å². The summed E-state index contributed by atoms with van der Waals surface area (Å²) in [5.41, 5.74) is -1.72. The molecule has 1 aliphatic heterocycles. The van der Waals surface area contributed by atoms with Crippen LogP contribution in [0.3, 0.4) is 0 Å². The predicted octanol–water partition coefficient (Wildman–Crippen LogP) is 3.19. The van der Waals surface area contributed by atoms with Crippen LogP contribution in [0.2, 0.25) is 0 Å². The largest absolute Gasteiger partial charge is 0.444 e. The molecule has 1 aromatic rings. The number of aromatic nitrogens is 2. The summed E-state index contributed by atoms with van der Waals surface area (Å²) < 4.78 is 11.1. The second-order valence-electron chi connectivity index (χ2n) is 8.69. The Hall–Kier alpha value is -1.63. The van der Waals surface area contributed by atoms with E-state index in [4.69, 9.17) is 9.15 Å². The van der Waals surface area contributed by atoms with Gasteiger partial charge in [-0.25, -0.2) is 4.79 Å². The summed E-state index contributed by atoms with van der Waals surface area (Å²) in [6.07, 6.45) is -0.0681. The first-order valence-corrected chi connectivity index (χ1v) is 8.37. The van der Waals surface area contributed by atoms with Crippen LogP contribution in [0.15, 0.2) is 4.42 Å². The van der Waals surface area contributed by atoms with Gasteiger partial charge >= 0.3 is 6.09 Å². The molecule has 0 aromatic carbocycles. The van der Waals surface area contributed by atoms with Crippen molar-refractivity contribution < 1.29 is 19.1 Å². The van der Waals surface area contributed by atoms with E-state index in [1.807, 2.05) is 48.5 Å². The van der Waals surface area contributed by atoms with Gasteiger partial charge in [-0.2, -0.15) is 0 Å². The van der Waals surface area contributed by atoms with Gasteiger partial charge in [0.05, 0.1) is 5.54 Å². The number of ether oxygens (including phenoxy) is 1. The Balaban J connectivity index is 2.24. The number of likely N-dealkylation sites (tertiary alicyclic amines) is 1. The molecule has 0 bridgehead atoms. The molecule has 2 heterocycles. The van der Waals surface area contributed by atoms with Crippen molar-refractivity contribution in [3.8, 4) is 0 Å². The van der Waals surface area contributed by atoms with E-state index in [0.29, 0.717) is 18.9 Å². The Labute approximate surface area is 143 Å². The van der Waals surface area contributed by atoms with Crippen LogP contribution in [0.1, 0.15) is 79.2 Å². The molecule has 0 spiro atoms. The van der Waals surface area contributed by atoms with Gasteiger partial charge < -0.3 is 14.3 Å². The minimum absolute atomic E-state index is 0.137. The third-order valence-corrected chi connectivity index (χ3v) is 4.20. The van der Waals surface area contributed by atoms with Crippen LogP contribution in [-0.2, 0) is 10.2 Å². The van der Waals surface area contributed by atoms with Crippen molar-refractivity contribution in [3.05, 3.63) is 11.8 Å². The second kappa shape index (κ2) is 6.02. The maximum Gasteiger partial charge on any atom is 0.410 e. The zero-order chi connectivity index (χ0) is 18.3. The zero-order valence-corrected chi connectivity index (χ0v) is 15.7. The predicted molar refractivity (Wildman–Crippen MR) is 88.5 cm³/mol. The average molecular weight is 339 g/mol. The van der Waals surface area contributed by atoms with Crippen molar-refractivity contribution in [1.29, 1.82) is 0 Å². The highest BCUT2D eigenvalue weighted by molar-refractivity contribution is 5.69. The number of hydrogen-bond acceptors (Lipinski definition) is 6. The Bertz CT molecular complexity index is 600. The van der Waals surface area contributed by atoms with Crippen LogP contribution < -0.4 is 0 Å². The highest BCUT2D eigenvalue weighted by Crippen LogP contribution is 2.40. The molecule has 1 aliphatic rings. The van der Waals surface area contributed by atoms with Crippen LogP contribution in [0.4, 0.5) is 4.79 Å². The number of aliphatic hydroxyl groups is 1. The van der Waals surface area contributed by atoms with Crippen molar-refractivity contribution in [2.45, 2.75) is 84.0 Å². The Kier molecular flexibility index (Phi) is 4.69. The minimum Gasteiger partial charge on any atom is -0.444 e. The maximum absolute atomic E-state index is 12.5. The maximum atomic E-state index is 12.5. The molecule has 1 unspecified atom stereocenters. The smallest absolute Gasteiger partial charge is 0.410 e. The van der Waals surface area contributed by atoms with Gasteiger partial charge in [0.25, 0.3) is 0 Å². The molecule has 0 radical (unpaired) electrons. The van der Waals surface area contributed by atoms with Crippen LogP contribution in [0.25, 0.3) is 0 Å². The Morgan fingerprint density at radius 3 is 2.42 bits per heavy atom. The quantitative estimate of drug-likeness (QED) is 0.890. The molecule has 1 aromatic heterocycles. The van der Waals surface area contributed by atoms with Crippen LogP contribution in [0.5, 0.6) is 0 Å². The number of aliphatic hydroxyl groups excluding tert-OH is 1. The normalized spacial score (nSPS) is 23.4. The van der Waals surface area contributed by atoms with Crippen LogP contribution in [0, 0.1) is 0 Å². The van der Waals surface area contributed by atoms with Gasteiger partial charge in [0, 0.05) is 12.0 Å². The van der Waals surface area contributed by atoms with Gasteiger partial charge in [-0.15, -0.1) is 10.2 Å². The van der Waals surface area contributed by atoms with Crippen molar-refractivity contribution >= 4 is 6.09 Å². The molecule has 1 amide bonds. The molecule has 0 saturated carbocycles.